The summed E-state index contributed by atoms with van der Waals surface area (Å²) in [5.41, 5.74) is -0.454. The molecule has 19 heavy (non-hydrogen) atoms. The molecule has 1 aliphatic heterocycles. The largest absolute Gasteiger partial charge is 0.391 e. The fourth-order valence-electron chi connectivity index (χ4n) is 2.17. The normalized spacial score (nSPS) is 19.5. The van der Waals surface area contributed by atoms with Crippen molar-refractivity contribution in [2.45, 2.75) is 43.7 Å². The van der Waals surface area contributed by atoms with Crippen LogP contribution in [0.15, 0.2) is 11.0 Å². The van der Waals surface area contributed by atoms with E-state index in [4.69, 9.17) is 9.84 Å². The predicted molar refractivity (Wildman–Crippen MR) is 73.8 cm³/mol. The van der Waals surface area contributed by atoms with Gasteiger partial charge in [0.15, 0.2) is 0 Å². The molecule has 1 aliphatic rings. The summed E-state index contributed by atoms with van der Waals surface area (Å²) in [6.07, 6.45) is 1.34. The molecule has 0 unspecified atom stereocenters. The smallest absolute Gasteiger partial charge is 0.242 e. The molecule has 108 valence electrons. The Morgan fingerprint density at radius 3 is 2.63 bits per heavy atom. The third-order valence-corrected chi connectivity index (χ3v) is 6.27. The highest BCUT2D eigenvalue weighted by Crippen LogP contribution is 2.28. The molecular weight excluding hydrogens is 286 g/mol. The number of rotatable bonds is 4. The monoisotopic (exact) mass is 305 g/mol. The molecule has 0 saturated carbocycles. The summed E-state index contributed by atoms with van der Waals surface area (Å²) in [5, 5.41) is 9.09. The van der Waals surface area contributed by atoms with Crippen LogP contribution in [0.2, 0.25) is 0 Å². The van der Waals surface area contributed by atoms with E-state index < -0.39 is 15.6 Å². The Balaban J connectivity index is 2.24. The molecular formula is C12H19NO4S2. The Labute approximate surface area is 117 Å². The van der Waals surface area contributed by atoms with E-state index in [1.165, 1.54) is 11.3 Å². The molecule has 1 aromatic heterocycles. The van der Waals surface area contributed by atoms with Gasteiger partial charge < -0.3 is 9.84 Å². The van der Waals surface area contributed by atoms with Crippen LogP contribution >= 0.6 is 11.3 Å². The third kappa shape index (κ3) is 3.35. The summed E-state index contributed by atoms with van der Waals surface area (Å²) in [4.78, 5) is 1.64. The van der Waals surface area contributed by atoms with Crippen molar-refractivity contribution >= 4 is 21.4 Å². The van der Waals surface area contributed by atoms with E-state index in [0.717, 1.165) is 0 Å². The van der Waals surface area contributed by atoms with E-state index in [1.54, 1.807) is 13.0 Å². The van der Waals surface area contributed by atoms with E-state index in [-0.39, 0.29) is 11.5 Å². The Morgan fingerprint density at radius 1 is 1.47 bits per heavy atom. The van der Waals surface area contributed by atoms with Crippen LogP contribution in [0.3, 0.4) is 0 Å². The minimum atomic E-state index is -3.54. The molecule has 1 aromatic rings. The average Bonchev–Trinajstić information content (AvgIpc) is 2.71. The lowest BCUT2D eigenvalue weighted by Crippen LogP contribution is -2.49. The highest BCUT2D eigenvalue weighted by atomic mass is 32.2. The Morgan fingerprint density at radius 2 is 2.11 bits per heavy atom. The number of aryl methyl sites for hydroxylation is 1. The van der Waals surface area contributed by atoms with Crippen LogP contribution in [0.5, 0.6) is 0 Å². The van der Waals surface area contributed by atoms with Gasteiger partial charge in [0.1, 0.15) is 0 Å². The highest BCUT2D eigenvalue weighted by Gasteiger charge is 2.33. The summed E-state index contributed by atoms with van der Waals surface area (Å²) in [6.45, 7) is 4.67. The summed E-state index contributed by atoms with van der Waals surface area (Å²) < 4.78 is 32.9. The second-order valence-electron chi connectivity index (χ2n) is 5.07. The standard InChI is InChI=1S/C12H19NO4S2/c1-9-11(7-10(8-14)18-9)19(15,16)13-12(2)3-5-17-6-4-12/h7,13-14H,3-6,8H2,1-2H3. The molecule has 7 heteroatoms. The van der Waals surface area contributed by atoms with Crippen LogP contribution in [0.4, 0.5) is 0 Å². The number of hydrogen-bond donors (Lipinski definition) is 2. The minimum Gasteiger partial charge on any atom is -0.391 e. The zero-order chi connectivity index (χ0) is 14.1. The number of thiophene rings is 1. The lowest BCUT2D eigenvalue weighted by atomic mass is 9.94. The minimum absolute atomic E-state index is 0.133. The number of nitrogens with one attached hydrogen (secondary N) is 1. The maximum Gasteiger partial charge on any atom is 0.242 e. The predicted octanol–water partition coefficient (Wildman–Crippen LogP) is 1.40. The van der Waals surface area contributed by atoms with E-state index in [2.05, 4.69) is 4.72 Å². The zero-order valence-corrected chi connectivity index (χ0v) is 12.7. The van der Waals surface area contributed by atoms with Crippen LogP contribution in [0, 0.1) is 6.92 Å². The third-order valence-electron chi connectivity index (χ3n) is 3.35. The maximum absolute atomic E-state index is 12.4. The van der Waals surface area contributed by atoms with Crippen molar-refractivity contribution in [1.29, 1.82) is 0 Å². The molecule has 0 spiro atoms. The van der Waals surface area contributed by atoms with Gasteiger partial charge in [-0.2, -0.15) is 0 Å². The summed E-state index contributed by atoms with van der Waals surface area (Å²) in [7, 11) is -3.54. The van der Waals surface area contributed by atoms with Gasteiger partial charge in [-0.25, -0.2) is 13.1 Å². The van der Waals surface area contributed by atoms with Gasteiger partial charge in [0.25, 0.3) is 0 Å². The topological polar surface area (TPSA) is 75.6 Å². The van der Waals surface area contributed by atoms with Gasteiger partial charge in [0, 0.05) is 28.5 Å². The Hall–Kier alpha value is -0.470. The molecule has 2 N–H and O–H groups in total. The van der Waals surface area contributed by atoms with E-state index in [1.807, 2.05) is 6.92 Å². The lowest BCUT2D eigenvalue weighted by Gasteiger charge is -2.33. The van der Waals surface area contributed by atoms with Crippen molar-refractivity contribution in [3.05, 3.63) is 15.8 Å². The van der Waals surface area contributed by atoms with Crippen molar-refractivity contribution in [3.63, 3.8) is 0 Å². The molecule has 5 nitrogen and oxygen atoms in total. The SMILES string of the molecule is Cc1sc(CO)cc1S(=O)(=O)NC1(C)CCOCC1. The highest BCUT2D eigenvalue weighted by molar-refractivity contribution is 7.89. The fourth-order valence-corrected chi connectivity index (χ4v) is 5.13. The average molecular weight is 305 g/mol. The van der Waals surface area contributed by atoms with Crippen molar-refractivity contribution in [3.8, 4) is 0 Å². The molecule has 0 aromatic carbocycles. The Kier molecular flexibility index (Phi) is 4.32. The van der Waals surface area contributed by atoms with Crippen LogP contribution in [0.1, 0.15) is 29.5 Å². The zero-order valence-electron chi connectivity index (χ0n) is 11.1. The number of aliphatic hydroxyl groups is 1. The van der Waals surface area contributed by atoms with Gasteiger partial charge in [-0.3, -0.25) is 0 Å². The van der Waals surface area contributed by atoms with Gasteiger partial charge in [-0.05, 0) is 32.8 Å². The van der Waals surface area contributed by atoms with Crippen molar-refractivity contribution < 1.29 is 18.3 Å². The fraction of sp³-hybridized carbons (Fsp3) is 0.667. The molecule has 0 amide bonds. The number of aliphatic hydroxyl groups excluding tert-OH is 1. The van der Waals surface area contributed by atoms with Crippen molar-refractivity contribution in [2.75, 3.05) is 13.2 Å². The summed E-state index contributed by atoms with van der Waals surface area (Å²) in [6, 6.07) is 1.55. The van der Waals surface area contributed by atoms with E-state index >= 15 is 0 Å². The number of sulfonamides is 1. The molecule has 1 saturated heterocycles. The molecule has 0 radical (unpaired) electrons. The first-order valence-corrected chi connectivity index (χ1v) is 8.48. The number of ether oxygens (including phenoxy) is 1. The van der Waals surface area contributed by atoms with Gasteiger partial charge >= 0.3 is 0 Å². The second kappa shape index (κ2) is 5.49. The van der Waals surface area contributed by atoms with Crippen LogP contribution in [-0.4, -0.2) is 32.3 Å². The van der Waals surface area contributed by atoms with Crippen molar-refractivity contribution in [1.82, 2.24) is 4.72 Å². The van der Waals surface area contributed by atoms with Gasteiger partial charge in [0.2, 0.25) is 10.0 Å². The summed E-state index contributed by atoms with van der Waals surface area (Å²) >= 11 is 1.31. The molecule has 0 aliphatic carbocycles. The Bertz CT molecular complexity index is 544. The lowest BCUT2D eigenvalue weighted by molar-refractivity contribution is 0.0537. The first-order valence-electron chi connectivity index (χ1n) is 6.18. The molecule has 0 atom stereocenters. The van der Waals surface area contributed by atoms with E-state index in [9.17, 15) is 8.42 Å². The van der Waals surface area contributed by atoms with Crippen LogP contribution in [-0.2, 0) is 21.4 Å². The van der Waals surface area contributed by atoms with Gasteiger partial charge in [-0.1, -0.05) is 0 Å². The van der Waals surface area contributed by atoms with Gasteiger partial charge in [0.05, 0.1) is 11.5 Å². The molecule has 0 bridgehead atoms. The van der Waals surface area contributed by atoms with Crippen LogP contribution < -0.4 is 4.72 Å². The van der Waals surface area contributed by atoms with Crippen molar-refractivity contribution in [2.24, 2.45) is 0 Å². The maximum atomic E-state index is 12.4. The second-order valence-corrected chi connectivity index (χ2v) is 8.06. The first-order chi connectivity index (χ1) is 8.86. The quantitative estimate of drug-likeness (QED) is 0.881. The first kappa shape index (κ1) is 14.9. The van der Waals surface area contributed by atoms with Crippen LogP contribution in [0.25, 0.3) is 0 Å². The van der Waals surface area contributed by atoms with Gasteiger partial charge in [-0.15, -0.1) is 11.3 Å². The molecule has 1 fully saturated rings. The van der Waals surface area contributed by atoms with E-state index in [0.29, 0.717) is 35.8 Å². The molecule has 2 heterocycles. The molecule has 2 rings (SSSR count). The number of hydrogen-bond acceptors (Lipinski definition) is 5. The summed E-state index contributed by atoms with van der Waals surface area (Å²) in [5.74, 6) is 0.